The maximum Gasteiger partial charge on any atom is 0.410 e. The van der Waals surface area contributed by atoms with E-state index in [4.69, 9.17) is 4.74 Å². The summed E-state index contributed by atoms with van der Waals surface area (Å²) in [6.45, 7) is 6.39. The van der Waals surface area contributed by atoms with E-state index in [0.717, 1.165) is 36.5 Å². The van der Waals surface area contributed by atoms with Gasteiger partial charge in [-0.05, 0) is 58.6 Å². The molecular weight excluding hydrogens is 466 g/mol. The summed E-state index contributed by atoms with van der Waals surface area (Å²) in [7, 11) is 0. The molecule has 0 radical (unpaired) electrons. The van der Waals surface area contributed by atoms with E-state index in [1.165, 1.54) is 4.31 Å². The van der Waals surface area contributed by atoms with Gasteiger partial charge in [-0.25, -0.2) is 9.00 Å². The van der Waals surface area contributed by atoms with Crippen LogP contribution in [-0.4, -0.2) is 50.4 Å². The normalized spacial score (nSPS) is 18.5. The maximum absolute atomic E-state index is 12.8. The van der Waals surface area contributed by atoms with Crippen molar-refractivity contribution in [3.05, 3.63) is 36.4 Å². The third-order valence-corrected chi connectivity index (χ3v) is 7.57. The first kappa shape index (κ1) is 25.4. The molecule has 2 aromatic carbocycles. The summed E-state index contributed by atoms with van der Waals surface area (Å²) in [5.41, 5.74) is 0.779. The number of piperidine rings is 1. The average Bonchev–Trinajstić information content (AvgIpc) is 3.35. The summed E-state index contributed by atoms with van der Waals surface area (Å²) in [5.74, 6) is 0.0857. The van der Waals surface area contributed by atoms with Gasteiger partial charge in [-0.1, -0.05) is 37.1 Å². The summed E-state index contributed by atoms with van der Waals surface area (Å²) in [6.07, 6.45) is 4.73. The molecule has 0 spiro atoms. The lowest BCUT2D eigenvalue weighted by atomic mass is 10.0. The van der Waals surface area contributed by atoms with Gasteiger partial charge in [0, 0.05) is 41.5 Å². The molecule has 1 heterocycles. The number of nitrogens with one attached hydrogen (secondary N) is 1. The first-order valence-electron chi connectivity index (χ1n) is 12.3. The average molecular weight is 502 g/mol. The molecule has 190 valence electrons. The molecule has 0 bridgehead atoms. The van der Waals surface area contributed by atoms with Gasteiger partial charge < -0.3 is 15.0 Å². The van der Waals surface area contributed by atoms with Crippen LogP contribution in [0.3, 0.4) is 0 Å². The quantitative estimate of drug-likeness (QED) is 0.541. The SMILES string of the molecule is CC(C)(C)OC(=O)N1CCC(N(c2ccc(NC(=O)C3CCCC3)c3ccccc23)S(=O)O)CC1. The second-order valence-corrected chi connectivity index (χ2v) is 11.3. The highest BCUT2D eigenvalue weighted by atomic mass is 32.2. The fourth-order valence-corrected chi connectivity index (χ4v) is 5.82. The van der Waals surface area contributed by atoms with Crippen LogP contribution in [0.15, 0.2) is 36.4 Å². The van der Waals surface area contributed by atoms with Crippen molar-refractivity contribution in [1.29, 1.82) is 0 Å². The van der Waals surface area contributed by atoms with Crippen LogP contribution < -0.4 is 9.62 Å². The molecule has 8 nitrogen and oxygen atoms in total. The van der Waals surface area contributed by atoms with E-state index in [9.17, 15) is 18.4 Å². The van der Waals surface area contributed by atoms with Crippen LogP contribution in [0.25, 0.3) is 10.8 Å². The van der Waals surface area contributed by atoms with Gasteiger partial charge in [0.25, 0.3) is 11.3 Å². The van der Waals surface area contributed by atoms with Crippen LogP contribution >= 0.6 is 0 Å². The Bertz CT molecular complexity index is 1100. The third kappa shape index (κ3) is 5.95. The number of amides is 2. The van der Waals surface area contributed by atoms with E-state index in [0.29, 0.717) is 37.3 Å². The predicted molar refractivity (Wildman–Crippen MR) is 139 cm³/mol. The molecule has 4 rings (SSSR count). The minimum atomic E-state index is -2.25. The molecule has 1 unspecified atom stereocenters. The molecule has 2 aliphatic rings. The Morgan fingerprint density at radius 3 is 2.26 bits per heavy atom. The van der Waals surface area contributed by atoms with Gasteiger partial charge in [0.15, 0.2) is 0 Å². The lowest BCUT2D eigenvalue weighted by Gasteiger charge is -2.38. The third-order valence-electron chi connectivity index (χ3n) is 6.74. The number of ether oxygens (including phenoxy) is 1. The highest BCUT2D eigenvalue weighted by molar-refractivity contribution is 7.80. The molecule has 2 aromatic rings. The Morgan fingerprint density at radius 2 is 1.66 bits per heavy atom. The number of likely N-dealkylation sites (tertiary alicyclic amines) is 1. The van der Waals surface area contributed by atoms with Gasteiger partial charge in [-0.15, -0.1) is 0 Å². The molecule has 35 heavy (non-hydrogen) atoms. The lowest BCUT2D eigenvalue weighted by Crippen LogP contribution is -2.48. The highest BCUT2D eigenvalue weighted by Gasteiger charge is 2.33. The molecule has 1 saturated heterocycles. The smallest absolute Gasteiger partial charge is 0.410 e. The van der Waals surface area contributed by atoms with Crippen LogP contribution in [-0.2, 0) is 20.8 Å². The standard InChI is InChI=1S/C26H35N3O5S/c1-26(2,3)34-25(31)28-16-14-19(15-17-28)29(35(32)33)23-13-12-22(20-10-6-7-11-21(20)23)27-24(30)18-8-4-5-9-18/h6-7,10-13,18-19H,4-5,8-9,14-17H2,1-3H3,(H,27,30)(H,32,33). The first-order valence-corrected chi connectivity index (χ1v) is 13.4. The van der Waals surface area contributed by atoms with Crippen molar-refractivity contribution in [3.63, 3.8) is 0 Å². The Labute approximate surface area is 209 Å². The van der Waals surface area contributed by atoms with Crippen LogP contribution in [0.2, 0.25) is 0 Å². The van der Waals surface area contributed by atoms with Crippen molar-refractivity contribution in [2.75, 3.05) is 22.7 Å². The van der Waals surface area contributed by atoms with Gasteiger partial charge in [-0.2, -0.15) is 0 Å². The van der Waals surface area contributed by atoms with Crippen molar-refractivity contribution in [3.8, 4) is 0 Å². The Morgan fingerprint density at radius 1 is 1.03 bits per heavy atom. The number of hydrogen-bond donors (Lipinski definition) is 2. The van der Waals surface area contributed by atoms with Crippen molar-refractivity contribution in [2.24, 2.45) is 5.92 Å². The minimum Gasteiger partial charge on any atom is -0.444 e. The Kier molecular flexibility index (Phi) is 7.66. The zero-order chi connectivity index (χ0) is 25.2. The molecule has 1 aliphatic carbocycles. The van der Waals surface area contributed by atoms with Gasteiger partial charge in [0.1, 0.15) is 5.60 Å². The fraction of sp³-hybridized carbons (Fsp3) is 0.538. The second kappa shape index (κ2) is 10.5. The molecule has 2 amide bonds. The van der Waals surface area contributed by atoms with Gasteiger partial charge in [0.2, 0.25) is 5.91 Å². The number of nitrogens with zero attached hydrogens (tertiary/aromatic N) is 2. The van der Waals surface area contributed by atoms with Crippen molar-refractivity contribution < 1.29 is 23.1 Å². The number of hydrogen-bond acceptors (Lipinski definition) is 4. The lowest BCUT2D eigenvalue weighted by molar-refractivity contribution is -0.119. The number of anilines is 2. The van der Waals surface area contributed by atoms with E-state index >= 15 is 0 Å². The Balaban J connectivity index is 1.55. The van der Waals surface area contributed by atoms with E-state index < -0.39 is 16.9 Å². The topological polar surface area (TPSA) is 99.2 Å². The molecule has 1 saturated carbocycles. The number of fused-ring (bicyclic) bond motifs is 1. The zero-order valence-electron chi connectivity index (χ0n) is 20.7. The molecule has 2 fully saturated rings. The highest BCUT2D eigenvalue weighted by Crippen LogP contribution is 2.36. The van der Waals surface area contributed by atoms with E-state index in [-0.39, 0.29) is 24.0 Å². The monoisotopic (exact) mass is 501 g/mol. The summed E-state index contributed by atoms with van der Waals surface area (Å²) >= 11 is -2.25. The van der Waals surface area contributed by atoms with Crippen LogP contribution in [0.5, 0.6) is 0 Å². The van der Waals surface area contributed by atoms with Gasteiger partial charge in [-0.3, -0.25) is 13.7 Å². The molecule has 1 atom stereocenters. The van der Waals surface area contributed by atoms with E-state index in [1.807, 2.05) is 51.1 Å². The molecular formula is C26H35N3O5S. The molecule has 0 aromatic heterocycles. The summed E-state index contributed by atoms with van der Waals surface area (Å²) in [5, 5.41) is 4.72. The number of rotatable bonds is 5. The zero-order valence-corrected chi connectivity index (χ0v) is 21.5. The molecule has 1 aliphatic heterocycles. The van der Waals surface area contributed by atoms with E-state index in [2.05, 4.69) is 5.32 Å². The van der Waals surface area contributed by atoms with Crippen molar-refractivity contribution in [1.82, 2.24) is 4.90 Å². The number of carbonyl (C=O) groups is 2. The largest absolute Gasteiger partial charge is 0.444 e. The first-order chi connectivity index (χ1) is 16.6. The predicted octanol–water partition coefficient (Wildman–Crippen LogP) is 5.31. The van der Waals surface area contributed by atoms with Gasteiger partial charge >= 0.3 is 6.09 Å². The summed E-state index contributed by atoms with van der Waals surface area (Å²) < 4.78 is 29.8. The number of benzene rings is 2. The summed E-state index contributed by atoms with van der Waals surface area (Å²) in [6, 6.07) is 11.0. The van der Waals surface area contributed by atoms with Crippen LogP contribution in [0, 0.1) is 5.92 Å². The van der Waals surface area contributed by atoms with Crippen molar-refractivity contribution in [2.45, 2.75) is 70.9 Å². The van der Waals surface area contributed by atoms with Crippen LogP contribution in [0.4, 0.5) is 16.2 Å². The van der Waals surface area contributed by atoms with Gasteiger partial charge in [0.05, 0.1) is 5.69 Å². The Hall–Kier alpha value is -2.65. The minimum absolute atomic E-state index is 0.0394. The van der Waals surface area contributed by atoms with E-state index in [1.54, 1.807) is 11.0 Å². The van der Waals surface area contributed by atoms with Crippen LogP contribution in [0.1, 0.15) is 59.3 Å². The fourth-order valence-electron chi connectivity index (χ4n) is 5.02. The second-order valence-electron chi connectivity index (χ2n) is 10.4. The molecule has 2 N–H and O–H groups in total. The maximum atomic E-state index is 12.8. The summed E-state index contributed by atoms with van der Waals surface area (Å²) in [4.78, 5) is 26.8. The number of carbonyl (C=O) groups excluding carboxylic acids is 2. The van der Waals surface area contributed by atoms with Crippen molar-refractivity contribution >= 4 is 45.4 Å². The molecule has 9 heteroatoms.